The van der Waals surface area contributed by atoms with Crippen molar-refractivity contribution in [2.45, 2.75) is 0 Å². The Bertz CT molecular complexity index is 921. The van der Waals surface area contributed by atoms with Gasteiger partial charge in [-0.1, -0.05) is 11.8 Å². The summed E-state index contributed by atoms with van der Waals surface area (Å²) < 4.78 is 5.35. The van der Waals surface area contributed by atoms with Crippen LogP contribution in [0, 0.1) is 10.1 Å². The molecule has 1 N–H and O–H groups in total. The second kappa shape index (κ2) is 6.87. The highest BCUT2D eigenvalue weighted by Gasteiger charge is 2.32. The third-order valence-electron chi connectivity index (χ3n) is 3.12. The zero-order valence-electron chi connectivity index (χ0n) is 12.4. The van der Waals surface area contributed by atoms with Gasteiger partial charge in [0, 0.05) is 23.8 Å². The zero-order chi connectivity index (χ0) is 18.0. The molecule has 10 heteroatoms. The van der Waals surface area contributed by atoms with Gasteiger partial charge in [-0.3, -0.25) is 14.9 Å². The van der Waals surface area contributed by atoms with Crippen LogP contribution in [0.1, 0.15) is 11.3 Å². The molecule has 8 nitrogen and oxygen atoms in total. The number of non-ortho nitro benzene ring substituents is 1. The molecule has 0 radical (unpaired) electrons. The average molecular weight is 375 g/mol. The lowest BCUT2D eigenvalue weighted by atomic mass is 10.2. The molecular formula is C15H9N3O5S2. The first-order valence-electron chi connectivity index (χ1n) is 6.78. The number of carbonyl (C=O) groups is 1. The van der Waals surface area contributed by atoms with Crippen LogP contribution in [-0.2, 0) is 4.79 Å². The van der Waals surface area contributed by atoms with E-state index in [-0.39, 0.29) is 21.3 Å². The number of nitro benzene ring substituents is 1. The van der Waals surface area contributed by atoms with E-state index in [9.17, 15) is 20.0 Å². The van der Waals surface area contributed by atoms with Gasteiger partial charge in [-0.25, -0.2) is 0 Å². The number of hydrogen-bond donors (Lipinski definition) is 1. The van der Waals surface area contributed by atoms with Gasteiger partial charge in [-0.15, -0.1) is 0 Å². The predicted octanol–water partition coefficient (Wildman–Crippen LogP) is 3.13. The number of amides is 1. The van der Waals surface area contributed by atoms with Crippen LogP contribution in [0.5, 0.6) is 5.75 Å². The largest absolute Gasteiger partial charge is 0.507 e. The molecule has 1 aliphatic rings. The first-order chi connectivity index (χ1) is 12.0. The summed E-state index contributed by atoms with van der Waals surface area (Å²) >= 11 is 6.17. The van der Waals surface area contributed by atoms with Crippen LogP contribution < -0.4 is 0 Å². The predicted molar refractivity (Wildman–Crippen MR) is 96.1 cm³/mol. The van der Waals surface area contributed by atoms with Gasteiger partial charge in [-0.05, 0) is 30.4 Å². The Balaban J connectivity index is 1.84. The van der Waals surface area contributed by atoms with Crippen LogP contribution >= 0.6 is 24.0 Å². The lowest BCUT2D eigenvalue weighted by molar-refractivity contribution is -0.384. The molecule has 1 aromatic carbocycles. The molecule has 0 aliphatic carbocycles. The van der Waals surface area contributed by atoms with Gasteiger partial charge in [0.1, 0.15) is 11.5 Å². The van der Waals surface area contributed by atoms with Crippen LogP contribution in [0.15, 0.2) is 51.0 Å². The van der Waals surface area contributed by atoms with Crippen molar-refractivity contribution < 1.29 is 19.2 Å². The summed E-state index contributed by atoms with van der Waals surface area (Å²) in [6.45, 7) is 0. The zero-order valence-corrected chi connectivity index (χ0v) is 14.0. The summed E-state index contributed by atoms with van der Waals surface area (Å²) in [5, 5.41) is 25.5. The van der Waals surface area contributed by atoms with Crippen molar-refractivity contribution in [3.8, 4) is 5.75 Å². The monoisotopic (exact) mass is 375 g/mol. The summed E-state index contributed by atoms with van der Waals surface area (Å²) in [5.74, 6) is -0.153. The number of benzene rings is 1. The van der Waals surface area contributed by atoms with Crippen LogP contribution in [0.3, 0.4) is 0 Å². The second-order valence-corrected chi connectivity index (χ2v) is 6.43. The number of thiocarbonyl (C=S) groups is 1. The molecule has 2 heterocycles. The number of hydrazone groups is 1. The molecule has 126 valence electrons. The maximum Gasteiger partial charge on any atom is 0.286 e. The van der Waals surface area contributed by atoms with Crippen molar-refractivity contribution >= 4 is 52.2 Å². The van der Waals surface area contributed by atoms with E-state index >= 15 is 0 Å². The Morgan fingerprint density at radius 2 is 2.20 bits per heavy atom. The van der Waals surface area contributed by atoms with Crippen LogP contribution in [-0.4, -0.2) is 31.5 Å². The van der Waals surface area contributed by atoms with E-state index in [0.29, 0.717) is 10.7 Å². The molecule has 1 fully saturated rings. The lowest BCUT2D eigenvalue weighted by Gasteiger charge is -2.06. The minimum Gasteiger partial charge on any atom is -0.507 e. The SMILES string of the molecule is O=C1/C(=C/c2ccco2)SC(=S)N1/N=C/c1cc([N+](=O)[O-])ccc1O. The molecule has 1 amide bonds. The van der Waals surface area contributed by atoms with E-state index in [4.69, 9.17) is 16.6 Å². The third-order valence-corrected chi connectivity index (χ3v) is 4.41. The van der Waals surface area contributed by atoms with E-state index < -0.39 is 10.8 Å². The number of carbonyl (C=O) groups excluding carboxylic acids is 1. The molecule has 0 spiro atoms. The number of hydrogen-bond acceptors (Lipinski definition) is 8. The molecule has 0 bridgehead atoms. The highest BCUT2D eigenvalue weighted by Crippen LogP contribution is 2.33. The Morgan fingerprint density at radius 1 is 1.40 bits per heavy atom. The van der Waals surface area contributed by atoms with Crippen molar-refractivity contribution in [1.29, 1.82) is 0 Å². The molecular weight excluding hydrogens is 366 g/mol. The Morgan fingerprint density at radius 3 is 2.88 bits per heavy atom. The van der Waals surface area contributed by atoms with Gasteiger partial charge < -0.3 is 9.52 Å². The number of furan rings is 1. The van der Waals surface area contributed by atoms with Crippen LogP contribution in [0.2, 0.25) is 0 Å². The molecule has 1 aromatic heterocycles. The molecule has 2 aromatic rings. The number of phenolic OH excluding ortho intramolecular Hbond substituents is 1. The molecule has 0 saturated carbocycles. The van der Waals surface area contributed by atoms with Gasteiger partial charge in [0.25, 0.3) is 11.6 Å². The van der Waals surface area contributed by atoms with Crippen molar-refractivity contribution in [2.75, 3.05) is 0 Å². The second-order valence-electron chi connectivity index (χ2n) is 4.75. The van der Waals surface area contributed by atoms with Crippen molar-refractivity contribution in [3.63, 3.8) is 0 Å². The Hall–Kier alpha value is -2.98. The van der Waals surface area contributed by atoms with E-state index in [1.807, 2.05) is 0 Å². The standard InChI is InChI=1S/C15H9N3O5S2/c19-12-4-3-10(18(21)22)6-9(12)8-16-17-14(20)13(25-15(17)24)7-11-2-1-5-23-11/h1-8,19H/b13-7-,16-8+. The van der Waals surface area contributed by atoms with E-state index in [1.54, 1.807) is 18.2 Å². The molecule has 1 aliphatic heterocycles. The number of nitro groups is 1. The van der Waals surface area contributed by atoms with E-state index in [1.165, 1.54) is 18.4 Å². The quantitative estimate of drug-likeness (QED) is 0.287. The van der Waals surface area contributed by atoms with Crippen molar-refractivity contribution in [1.82, 2.24) is 5.01 Å². The number of thioether (sulfide) groups is 1. The average Bonchev–Trinajstić information content (AvgIpc) is 3.16. The molecule has 1 saturated heterocycles. The first-order valence-corrected chi connectivity index (χ1v) is 8.01. The molecule has 0 atom stereocenters. The molecule has 25 heavy (non-hydrogen) atoms. The van der Waals surface area contributed by atoms with E-state index in [2.05, 4.69) is 5.10 Å². The maximum absolute atomic E-state index is 12.3. The fourth-order valence-electron chi connectivity index (χ4n) is 1.94. The number of aromatic hydroxyl groups is 1. The minimum absolute atomic E-state index is 0.0956. The summed E-state index contributed by atoms with van der Waals surface area (Å²) in [6, 6.07) is 6.88. The van der Waals surface area contributed by atoms with Gasteiger partial charge in [-0.2, -0.15) is 10.1 Å². The van der Waals surface area contributed by atoms with Gasteiger partial charge in [0.15, 0.2) is 4.32 Å². The van der Waals surface area contributed by atoms with Crippen molar-refractivity contribution in [3.05, 3.63) is 62.9 Å². The van der Waals surface area contributed by atoms with Gasteiger partial charge >= 0.3 is 0 Å². The Labute approximate surface area is 150 Å². The third kappa shape index (κ3) is 3.59. The normalized spacial score (nSPS) is 16.3. The van der Waals surface area contributed by atoms with Crippen LogP contribution in [0.4, 0.5) is 5.69 Å². The van der Waals surface area contributed by atoms with Crippen LogP contribution in [0.25, 0.3) is 6.08 Å². The number of rotatable bonds is 4. The first kappa shape index (κ1) is 16.9. The summed E-state index contributed by atoms with van der Waals surface area (Å²) in [6.07, 6.45) is 4.17. The topological polar surface area (TPSA) is 109 Å². The fourth-order valence-corrected chi connectivity index (χ4v) is 3.09. The highest BCUT2D eigenvalue weighted by molar-refractivity contribution is 8.26. The minimum atomic E-state index is -0.595. The highest BCUT2D eigenvalue weighted by atomic mass is 32.2. The fraction of sp³-hybridized carbons (Fsp3) is 0. The Kier molecular flexibility index (Phi) is 4.63. The molecule has 0 unspecified atom stereocenters. The smallest absolute Gasteiger partial charge is 0.286 e. The van der Waals surface area contributed by atoms with Gasteiger partial charge in [0.2, 0.25) is 0 Å². The summed E-state index contributed by atoms with van der Waals surface area (Å²) in [7, 11) is 0. The summed E-state index contributed by atoms with van der Waals surface area (Å²) in [4.78, 5) is 22.9. The number of nitrogens with zero attached hydrogens (tertiary/aromatic N) is 3. The lowest BCUT2D eigenvalue weighted by Crippen LogP contribution is -2.22. The molecule has 3 rings (SSSR count). The maximum atomic E-state index is 12.3. The van der Waals surface area contributed by atoms with Gasteiger partial charge in [0.05, 0.1) is 22.3 Å². The van der Waals surface area contributed by atoms with Crippen molar-refractivity contribution in [2.24, 2.45) is 5.10 Å². The van der Waals surface area contributed by atoms with E-state index in [0.717, 1.165) is 29.1 Å². The summed E-state index contributed by atoms with van der Waals surface area (Å²) in [5.41, 5.74) is -0.111. The number of phenols is 1.